The highest BCUT2D eigenvalue weighted by molar-refractivity contribution is 14.1. The van der Waals surface area contributed by atoms with Crippen molar-refractivity contribution in [2.24, 2.45) is 4.99 Å². The number of carbonyl (C=O) groups excluding carboxylic acids is 1. The Labute approximate surface area is 253 Å². The zero-order chi connectivity index (χ0) is 26.9. The van der Waals surface area contributed by atoms with Gasteiger partial charge < -0.3 is 14.2 Å². The predicted octanol–water partition coefficient (Wildman–Crippen LogP) is 5.18. The fraction of sp³-hybridized carbons (Fsp3) is 0.269. The van der Waals surface area contributed by atoms with Gasteiger partial charge in [0.05, 0.1) is 53.8 Å². The van der Waals surface area contributed by atoms with Crippen LogP contribution in [0.15, 0.2) is 55.9 Å². The summed E-state index contributed by atoms with van der Waals surface area (Å²) in [5, 5.41) is 0. The van der Waals surface area contributed by atoms with E-state index < -0.39 is 12.0 Å². The molecular weight excluding hydrogens is 786 g/mol. The second-order valence-corrected chi connectivity index (χ2v) is 12.1. The van der Waals surface area contributed by atoms with Crippen molar-refractivity contribution < 1.29 is 19.0 Å². The van der Waals surface area contributed by atoms with Crippen molar-refractivity contribution in [3.05, 3.63) is 84.0 Å². The molecule has 0 bridgehead atoms. The van der Waals surface area contributed by atoms with Gasteiger partial charge in [-0.25, -0.2) is 9.79 Å². The van der Waals surface area contributed by atoms with E-state index in [0.29, 0.717) is 37.4 Å². The van der Waals surface area contributed by atoms with E-state index in [9.17, 15) is 9.59 Å². The summed E-state index contributed by atoms with van der Waals surface area (Å²) in [4.78, 5) is 32.1. The van der Waals surface area contributed by atoms with E-state index in [1.54, 1.807) is 31.6 Å². The van der Waals surface area contributed by atoms with Crippen LogP contribution in [0.25, 0.3) is 6.08 Å². The molecule has 0 amide bonds. The van der Waals surface area contributed by atoms with E-state index in [1.165, 1.54) is 11.3 Å². The quantitative estimate of drug-likeness (QED) is 0.243. The van der Waals surface area contributed by atoms with E-state index in [-0.39, 0.29) is 12.2 Å². The second kappa shape index (κ2) is 12.0. The van der Waals surface area contributed by atoms with Gasteiger partial charge in [0, 0.05) is 0 Å². The maximum absolute atomic E-state index is 13.8. The number of aromatic nitrogens is 1. The van der Waals surface area contributed by atoms with Crippen molar-refractivity contribution in [3.8, 4) is 11.5 Å². The van der Waals surface area contributed by atoms with E-state index in [1.807, 2.05) is 37.3 Å². The summed E-state index contributed by atoms with van der Waals surface area (Å²) in [5.74, 6) is 0.988. The van der Waals surface area contributed by atoms with Gasteiger partial charge in [-0.15, -0.1) is 0 Å². The van der Waals surface area contributed by atoms with Gasteiger partial charge in [-0.1, -0.05) is 17.4 Å². The Morgan fingerprint density at radius 3 is 2.49 bits per heavy atom. The fourth-order valence-corrected chi connectivity index (χ4v) is 7.79. The van der Waals surface area contributed by atoms with E-state index >= 15 is 0 Å². The molecular formula is C26H23BrI2N2O5S. The lowest BCUT2D eigenvalue weighted by Gasteiger charge is -2.25. The Hall–Kier alpha value is -1.71. The van der Waals surface area contributed by atoms with Crippen molar-refractivity contribution in [2.75, 3.05) is 20.3 Å². The third-order valence-corrected chi connectivity index (χ3v) is 8.82. The summed E-state index contributed by atoms with van der Waals surface area (Å²) >= 11 is 9.31. The van der Waals surface area contributed by atoms with Crippen LogP contribution in [0.3, 0.4) is 0 Å². The molecule has 0 N–H and O–H groups in total. The van der Waals surface area contributed by atoms with Crippen molar-refractivity contribution >= 4 is 84.5 Å². The number of carbonyl (C=O) groups is 1. The zero-order valence-electron chi connectivity index (χ0n) is 20.4. The summed E-state index contributed by atoms with van der Waals surface area (Å²) in [6.07, 6.45) is 1.86. The predicted molar refractivity (Wildman–Crippen MR) is 164 cm³/mol. The van der Waals surface area contributed by atoms with Gasteiger partial charge in [-0.2, -0.15) is 0 Å². The normalized spacial score (nSPS) is 15.3. The van der Waals surface area contributed by atoms with E-state index in [0.717, 1.165) is 24.0 Å². The van der Waals surface area contributed by atoms with Gasteiger partial charge in [0.15, 0.2) is 4.80 Å². The standard InChI is InChI=1S/C26H23BrI2N2O5S/c1-5-35-23-17(28)9-14(10-18(23)29)11-20-24(32)31-22(15-7-8-19(34-4)16(27)12-15)21(25(33)36-6-2)13(3)30-26(31)37-20/h7-12,22H,5-6H2,1-4H3/b20-11+/t22-/m0/s1. The van der Waals surface area contributed by atoms with Gasteiger partial charge in [-0.05, 0) is 123 Å². The Morgan fingerprint density at radius 2 is 1.89 bits per heavy atom. The number of ether oxygens (including phenoxy) is 3. The summed E-state index contributed by atoms with van der Waals surface area (Å²) < 4.78 is 21.2. The third kappa shape index (κ3) is 5.69. The second-order valence-electron chi connectivity index (χ2n) is 7.94. The lowest BCUT2D eigenvalue weighted by atomic mass is 9.96. The molecule has 0 radical (unpaired) electrons. The molecule has 2 aromatic carbocycles. The summed E-state index contributed by atoms with van der Waals surface area (Å²) in [5.41, 5.74) is 2.25. The Balaban J connectivity index is 1.93. The number of nitrogens with zero attached hydrogens (tertiary/aromatic N) is 2. The van der Waals surface area contributed by atoms with Crippen LogP contribution in [0.4, 0.5) is 0 Å². The Bertz CT molecular complexity index is 1570. The average Bonchev–Trinajstić information content (AvgIpc) is 3.14. The molecule has 1 aromatic heterocycles. The maximum atomic E-state index is 13.8. The highest BCUT2D eigenvalue weighted by Crippen LogP contribution is 2.35. The molecule has 4 rings (SSSR count). The molecule has 0 saturated carbocycles. The summed E-state index contributed by atoms with van der Waals surface area (Å²) in [6, 6.07) is 8.78. The Morgan fingerprint density at radius 1 is 1.19 bits per heavy atom. The molecule has 1 aliphatic rings. The number of fused-ring (bicyclic) bond motifs is 1. The van der Waals surface area contributed by atoms with Crippen molar-refractivity contribution in [1.29, 1.82) is 0 Å². The molecule has 1 atom stereocenters. The number of hydrogen-bond donors (Lipinski definition) is 0. The van der Waals surface area contributed by atoms with Gasteiger partial charge >= 0.3 is 5.97 Å². The smallest absolute Gasteiger partial charge is 0.338 e. The lowest BCUT2D eigenvalue weighted by molar-refractivity contribution is -0.139. The number of esters is 1. The minimum absolute atomic E-state index is 0.216. The monoisotopic (exact) mass is 808 g/mol. The molecule has 37 heavy (non-hydrogen) atoms. The largest absolute Gasteiger partial charge is 0.496 e. The molecule has 0 fully saturated rings. The first-order chi connectivity index (χ1) is 17.7. The number of allylic oxidation sites excluding steroid dienone is 1. The fourth-order valence-electron chi connectivity index (χ4n) is 4.06. The maximum Gasteiger partial charge on any atom is 0.338 e. The van der Waals surface area contributed by atoms with Crippen molar-refractivity contribution in [3.63, 3.8) is 0 Å². The van der Waals surface area contributed by atoms with Crippen LogP contribution in [0.2, 0.25) is 0 Å². The number of thiazole rings is 1. The molecule has 1 aliphatic heterocycles. The molecule has 0 spiro atoms. The minimum Gasteiger partial charge on any atom is -0.496 e. The molecule has 11 heteroatoms. The lowest BCUT2D eigenvalue weighted by Crippen LogP contribution is -2.40. The van der Waals surface area contributed by atoms with Crippen LogP contribution in [-0.2, 0) is 9.53 Å². The van der Waals surface area contributed by atoms with Gasteiger partial charge in [0.25, 0.3) is 5.56 Å². The van der Waals surface area contributed by atoms with Gasteiger partial charge in [-0.3, -0.25) is 9.36 Å². The molecule has 2 heterocycles. The number of rotatable bonds is 7. The number of halogens is 3. The SMILES string of the molecule is CCOC(=O)C1=C(C)N=c2s/c(=C/c3cc(I)c(OCC)c(I)c3)c(=O)n2[C@H]1c1ccc(OC)c(Br)c1. The number of benzene rings is 2. The Kier molecular flexibility index (Phi) is 9.17. The highest BCUT2D eigenvalue weighted by Gasteiger charge is 2.33. The average molecular weight is 809 g/mol. The molecule has 0 aliphatic carbocycles. The van der Waals surface area contributed by atoms with Gasteiger partial charge in [0.2, 0.25) is 0 Å². The topological polar surface area (TPSA) is 79.1 Å². The molecule has 7 nitrogen and oxygen atoms in total. The zero-order valence-corrected chi connectivity index (χ0v) is 27.2. The highest BCUT2D eigenvalue weighted by atomic mass is 127. The minimum atomic E-state index is -0.694. The van der Waals surface area contributed by atoms with Crippen LogP contribution in [0.1, 0.15) is 37.9 Å². The molecule has 3 aromatic rings. The molecule has 0 saturated heterocycles. The van der Waals surface area contributed by atoms with Gasteiger partial charge in [0.1, 0.15) is 11.5 Å². The first kappa shape index (κ1) is 28.3. The van der Waals surface area contributed by atoms with E-state index in [4.69, 9.17) is 14.2 Å². The van der Waals surface area contributed by atoms with Crippen LogP contribution in [0.5, 0.6) is 11.5 Å². The van der Waals surface area contributed by atoms with Crippen molar-refractivity contribution in [2.45, 2.75) is 26.8 Å². The van der Waals surface area contributed by atoms with Crippen molar-refractivity contribution in [1.82, 2.24) is 4.57 Å². The van der Waals surface area contributed by atoms with Crippen LogP contribution < -0.4 is 24.4 Å². The van der Waals surface area contributed by atoms with Crippen LogP contribution in [-0.4, -0.2) is 30.9 Å². The van der Waals surface area contributed by atoms with E-state index in [2.05, 4.69) is 66.1 Å². The summed E-state index contributed by atoms with van der Waals surface area (Å²) in [6.45, 7) is 6.26. The first-order valence-electron chi connectivity index (χ1n) is 11.3. The number of methoxy groups -OCH3 is 1. The van der Waals surface area contributed by atoms with Crippen LogP contribution in [0, 0.1) is 7.14 Å². The molecule has 194 valence electrons. The third-order valence-electron chi connectivity index (χ3n) is 5.62. The molecule has 0 unspecified atom stereocenters. The number of hydrogen-bond acceptors (Lipinski definition) is 7. The van der Waals surface area contributed by atoms with Crippen LogP contribution >= 0.6 is 72.4 Å². The summed E-state index contributed by atoms with van der Waals surface area (Å²) in [7, 11) is 1.58. The first-order valence-corrected chi connectivity index (χ1v) is 15.1.